The van der Waals surface area contributed by atoms with Gasteiger partial charge < -0.3 is 9.47 Å². The number of aryl methyl sites for hydroxylation is 1. The number of hydrogen-bond acceptors (Lipinski definition) is 4. The molecule has 34 heavy (non-hydrogen) atoms. The van der Waals surface area contributed by atoms with Crippen molar-refractivity contribution in [1.29, 1.82) is 0 Å². The third-order valence-electron chi connectivity index (χ3n) is 5.97. The van der Waals surface area contributed by atoms with Gasteiger partial charge in [-0.05, 0) is 72.1 Å². The van der Waals surface area contributed by atoms with Crippen LogP contribution >= 0.6 is 0 Å². The van der Waals surface area contributed by atoms with E-state index in [2.05, 4.69) is 28.3 Å². The lowest BCUT2D eigenvalue weighted by Gasteiger charge is -2.11. The fourth-order valence-corrected chi connectivity index (χ4v) is 4.19. The van der Waals surface area contributed by atoms with Gasteiger partial charge in [-0.15, -0.1) is 0 Å². The highest BCUT2D eigenvalue weighted by Gasteiger charge is 2.13. The third-order valence-corrected chi connectivity index (χ3v) is 5.97. The zero-order valence-corrected chi connectivity index (χ0v) is 19.2. The summed E-state index contributed by atoms with van der Waals surface area (Å²) in [6.07, 6.45) is 3.63. The van der Waals surface area contributed by atoms with Crippen LogP contribution in [0.1, 0.15) is 11.1 Å². The highest BCUT2D eigenvalue weighted by molar-refractivity contribution is 5.88. The average molecular weight is 454 g/mol. The number of hydrogen-bond donors (Lipinski definition) is 0. The Kier molecular flexibility index (Phi) is 5.72. The number of nitrogens with zero attached hydrogens (tertiary/aromatic N) is 3. The Morgan fingerprint density at radius 1 is 0.882 bits per heavy atom. The molecule has 2 heterocycles. The highest BCUT2D eigenvalue weighted by atomic mass is 19.1. The van der Waals surface area contributed by atoms with E-state index in [1.807, 2.05) is 47.3 Å². The van der Waals surface area contributed by atoms with Gasteiger partial charge in [0.05, 0.1) is 38.2 Å². The summed E-state index contributed by atoms with van der Waals surface area (Å²) in [5.74, 6) is 1.17. The smallest absolute Gasteiger partial charge is 0.161 e. The van der Waals surface area contributed by atoms with Gasteiger partial charge in [0, 0.05) is 22.7 Å². The highest BCUT2D eigenvalue weighted by Crippen LogP contribution is 2.33. The van der Waals surface area contributed by atoms with E-state index in [1.54, 1.807) is 33.4 Å². The second kappa shape index (κ2) is 8.98. The molecule has 0 saturated heterocycles. The van der Waals surface area contributed by atoms with Gasteiger partial charge in [-0.1, -0.05) is 18.2 Å². The lowest BCUT2D eigenvalue weighted by molar-refractivity contribution is 0.354. The molecule has 0 aliphatic rings. The minimum Gasteiger partial charge on any atom is -0.493 e. The molecule has 5 rings (SSSR count). The van der Waals surface area contributed by atoms with Gasteiger partial charge in [0.25, 0.3) is 0 Å². The van der Waals surface area contributed by atoms with Crippen molar-refractivity contribution in [2.75, 3.05) is 14.2 Å². The van der Waals surface area contributed by atoms with Gasteiger partial charge in [-0.25, -0.2) is 4.39 Å². The van der Waals surface area contributed by atoms with Crippen molar-refractivity contribution in [3.63, 3.8) is 0 Å². The number of ether oxygens (including phenoxy) is 2. The molecule has 5 aromatic rings. The molecule has 0 bridgehead atoms. The number of halogens is 1. The van der Waals surface area contributed by atoms with Gasteiger partial charge in [0.1, 0.15) is 5.82 Å². The Balaban J connectivity index is 1.50. The summed E-state index contributed by atoms with van der Waals surface area (Å²) in [4.78, 5) is 4.60. The molecule has 170 valence electrons. The van der Waals surface area contributed by atoms with Crippen LogP contribution in [0.3, 0.4) is 0 Å². The Hall–Kier alpha value is -4.19. The maximum atomic E-state index is 13.8. The first-order valence-corrected chi connectivity index (χ1v) is 11.0. The molecule has 0 aliphatic heterocycles. The van der Waals surface area contributed by atoms with Crippen molar-refractivity contribution in [2.45, 2.75) is 13.5 Å². The molecule has 0 aliphatic carbocycles. The fourth-order valence-electron chi connectivity index (χ4n) is 4.19. The Morgan fingerprint density at radius 2 is 1.71 bits per heavy atom. The van der Waals surface area contributed by atoms with Crippen molar-refractivity contribution in [2.24, 2.45) is 0 Å². The first kappa shape index (κ1) is 21.6. The van der Waals surface area contributed by atoms with Gasteiger partial charge >= 0.3 is 0 Å². The van der Waals surface area contributed by atoms with E-state index >= 15 is 0 Å². The van der Waals surface area contributed by atoms with E-state index in [0.717, 1.165) is 38.9 Å². The number of pyridine rings is 1. The standard InChI is InChI=1S/C28H24FN3O2/c1-18-13-21(7-9-24(18)29)28-23(5-4-12-30-28)20-8-10-25-22(15-20)16-31-32(25)17-19-6-11-26(33-2)27(14-19)34-3/h4-16H,17H2,1-3H3. The second-order valence-electron chi connectivity index (χ2n) is 8.13. The number of rotatable bonds is 6. The minimum absolute atomic E-state index is 0.218. The zero-order valence-electron chi connectivity index (χ0n) is 19.2. The number of aromatic nitrogens is 3. The van der Waals surface area contributed by atoms with E-state index in [9.17, 15) is 4.39 Å². The SMILES string of the molecule is COc1ccc(Cn2ncc3cc(-c4cccnc4-c4ccc(F)c(C)c4)ccc32)cc1OC. The number of fused-ring (bicyclic) bond motifs is 1. The molecular formula is C28H24FN3O2. The van der Waals surface area contributed by atoms with Crippen LogP contribution in [0.15, 0.2) is 79.1 Å². The summed E-state index contributed by atoms with van der Waals surface area (Å²) in [5, 5.41) is 5.64. The van der Waals surface area contributed by atoms with Crippen LogP contribution in [0, 0.1) is 12.7 Å². The molecule has 0 saturated carbocycles. The Labute approximate surface area is 197 Å². The molecule has 0 atom stereocenters. The average Bonchev–Trinajstić information content (AvgIpc) is 3.27. The van der Waals surface area contributed by atoms with Gasteiger partial charge in [-0.2, -0.15) is 5.10 Å². The molecule has 0 unspecified atom stereocenters. The maximum absolute atomic E-state index is 13.8. The van der Waals surface area contributed by atoms with Crippen molar-refractivity contribution < 1.29 is 13.9 Å². The summed E-state index contributed by atoms with van der Waals surface area (Å²) < 4.78 is 26.5. The van der Waals surface area contributed by atoms with Crippen LogP contribution in [0.2, 0.25) is 0 Å². The first-order valence-electron chi connectivity index (χ1n) is 11.0. The summed E-state index contributed by atoms with van der Waals surface area (Å²) in [6.45, 7) is 2.37. The molecule has 6 heteroatoms. The van der Waals surface area contributed by atoms with E-state index < -0.39 is 0 Å². The predicted molar refractivity (Wildman–Crippen MR) is 132 cm³/mol. The zero-order chi connectivity index (χ0) is 23.7. The van der Waals surface area contributed by atoms with Crippen LogP contribution in [-0.4, -0.2) is 29.0 Å². The molecule has 2 aromatic heterocycles. The predicted octanol–water partition coefficient (Wildman–Crippen LogP) is 6.28. The van der Waals surface area contributed by atoms with Crippen LogP contribution in [0.25, 0.3) is 33.3 Å². The quantitative estimate of drug-likeness (QED) is 0.304. The molecule has 0 fully saturated rings. The Morgan fingerprint density at radius 3 is 2.50 bits per heavy atom. The Bertz CT molecular complexity index is 1490. The number of benzene rings is 3. The second-order valence-corrected chi connectivity index (χ2v) is 8.13. The molecule has 5 nitrogen and oxygen atoms in total. The number of methoxy groups -OCH3 is 2. The van der Waals surface area contributed by atoms with E-state index in [0.29, 0.717) is 23.6 Å². The summed E-state index contributed by atoms with van der Waals surface area (Å²) in [7, 11) is 3.26. The van der Waals surface area contributed by atoms with Crippen LogP contribution in [0.5, 0.6) is 11.5 Å². The normalized spacial score (nSPS) is 11.1. The van der Waals surface area contributed by atoms with Crippen molar-refractivity contribution in [3.05, 3.63) is 96.1 Å². The van der Waals surface area contributed by atoms with E-state index in [1.165, 1.54) is 6.07 Å². The van der Waals surface area contributed by atoms with Crippen molar-refractivity contribution in [3.8, 4) is 33.9 Å². The third kappa shape index (κ3) is 3.99. The minimum atomic E-state index is -0.218. The van der Waals surface area contributed by atoms with Crippen LogP contribution in [0.4, 0.5) is 4.39 Å². The van der Waals surface area contributed by atoms with E-state index in [-0.39, 0.29) is 5.82 Å². The molecule has 0 spiro atoms. The summed E-state index contributed by atoms with van der Waals surface area (Å²) in [5.41, 5.74) is 6.42. The van der Waals surface area contributed by atoms with Gasteiger partial charge in [-0.3, -0.25) is 9.67 Å². The molecular weight excluding hydrogens is 429 g/mol. The van der Waals surface area contributed by atoms with Crippen LogP contribution in [-0.2, 0) is 6.54 Å². The van der Waals surface area contributed by atoms with Crippen molar-refractivity contribution >= 4 is 10.9 Å². The first-order chi connectivity index (χ1) is 16.6. The fraction of sp³-hybridized carbons (Fsp3) is 0.143. The maximum Gasteiger partial charge on any atom is 0.161 e. The topological polar surface area (TPSA) is 49.2 Å². The van der Waals surface area contributed by atoms with Gasteiger partial charge in [0.2, 0.25) is 0 Å². The summed E-state index contributed by atoms with van der Waals surface area (Å²) >= 11 is 0. The van der Waals surface area contributed by atoms with Crippen molar-refractivity contribution in [1.82, 2.24) is 14.8 Å². The molecule has 0 radical (unpaired) electrons. The van der Waals surface area contributed by atoms with Crippen LogP contribution < -0.4 is 9.47 Å². The molecule has 0 N–H and O–H groups in total. The summed E-state index contributed by atoms with van der Waals surface area (Å²) in [6, 6.07) is 21.2. The molecule has 3 aromatic carbocycles. The lowest BCUT2D eigenvalue weighted by Crippen LogP contribution is -2.02. The monoisotopic (exact) mass is 453 g/mol. The van der Waals surface area contributed by atoms with E-state index in [4.69, 9.17) is 9.47 Å². The van der Waals surface area contributed by atoms with Gasteiger partial charge in [0.15, 0.2) is 11.5 Å². The largest absolute Gasteiger partial charge is 0.493 e. The molecule has 0 amide bonds. The lowest BCUT2D eigenvalue weighted by atomic mass is 9.97.